The van der Waals surface area contributed by atoms with Crippen LogP contribution < -0.4 is 10.6 Å². The molecule has 0 amide bonds. The highest BCUT2D eigenvalue weighted by Crippen LogP contribution is 2.37. The molecule has 4 rings (SSSR count). The third-order valence-electron chi connectivity index (χ3n) is 7.08. The predicted molar refractivity (Wildman–Crippen MR) is 98.1 cm³/mol. The first-order chi connectivity index (χ1) is 11.9. The SMILES string of the molecule is C1CCC(C2N=NC(C3CCCCN3)NC2C2CCCCC2)CC1. The molecule has 4 aliphatic rings. The van der Waals surface area contributed by atoms with E-state index in [0.29, 0.717) is 18.1 Å². The Balaban J connectivity index is 1.49. The summed E-state index contributed by atoms with van der Waals surface area (Å²) in [5, 5.41) is 17.5. The zero-order valence-electron chi connectivity index (χ0n) is 15.3. The smallest absolute Gasteiger partial charge is 0.136 e. The standard InChI is InChI=1S/C20H36N4/c1-3-9-15(10-4-1)18-19(16-11-5-2-6-12-16)23-24-20(22-18)17-13-7-8-14-21-17/h15-22H,1-14H2. The Bertz CT molecular complexity index is 406. The van der Waals surface area contributed by atoms with Gasteiger partial charge < -0.3 is 5.32 Å². The summed E-state index contributed by atoms with van der Waals surface area (Å²) in [6.45, 7) is 1.15. The van der Waals surface area contributed by atoms with Gasteiger partial charge in [0.25, 0.3) is 0 Å². The molecule has 0 bridgehead atoms. The van der Waals surface area contributed by atoms with Crippen molar-refractivity contribution in [3.05, 3.63) is 0 Å². The summed E-state index contributed by atoms with van der Waals surface area (Å²) >= 11 is 0. The quantitative estimate of drug-likeness (QED) is 0.804. The number of hydrogen-bond acceptors (Lipinski definition) is 4. The van der Waals surface area contributed by atoms with Gasteiger partial charge in [0.2, 0.25) is 0 Å². The number of hydrogen-bond donors (Lipinski definition) is 2. The normalized spacial score (nSPS) is 39.8. The van der Waals surface area contributed by atoms with E-state index in [2.05, 4.69) is 10.6 Å². The first kappa shape index (κ1) is 17.0. The molecule has 0 radical (unpaired) electrons. The zero-order chi connectivity index (χ0) is 16.2. The summed E-state index contributed by atoms with van der Waals surface area (Å²) in [4.78, 5) is 0. The maximum atomic E-state index is 4.99. The van der Waals surface area contributed by atoms with E-state index in [1.165, 1.54) is 83.5 Å². The Hall–Kier alpha value is -0.480. The second kappa shape index (κ2) is 8.27. The van der Waals surface area contributed by atoms with Crippen LogP contribution in [-0.2, 0) is 0 Å². The van der Waals surface area contributed by atoms with Crippen molar-refractivity contribution >= 4 is 0 Å². The molecule has 2 N–H and O–H groups in total. The molecule has 2 aliphatic heterocycles. The van der Waals surface area contributed by atoms with Crippen LogP contribution in [-0.4, -0.2) is 30.8 Å². The lowest BCUT2D eigenvalue weighted by Crippen LogP contribution is -2.60. The Morgan fingerprint density at radius 3 is 1.96 bits per heavy atom. The molecule has 0 aromatic heterocycles. The fourth-order valence-corrected chi connectivity index (χ4v) is 5.67. The van der Waals surface area contributed by atoms with Crippen molar-refractivity contribution in [2.75, 3.05) is 6.54 Å². The molecule has 3 fully saturated rings. The lowest BCUT2D eigenvalue weighted by atomic mass is 9.74. The summed E-state index contributed by atoms with van der Waals surface area (Å²) in [6, 6.07) is 1.54. The summed E-state index contributed by atoms with van der Waals surface area (Å²) in [7, 11) is 0. The molecular weight excluding hydrogens is 296 g/mol. The number of nitrogens with one attached hydrogen (secondary N) is 2. The van der Waals surface area contributed by atoms with Gasteiger partial charge in [0.15, 0.2) is 0 Å². The van der Waals surface area contributed by atoms with Crippen LogP contribution in [0, 0.1) is 11.8 Å². The van der Waals surface area contributed by atoms with Gasteiger partial charge in [0, 0.05) is 12.1 Å². The maximum Gasteiger partial charge on any atom is 0.136 e. The first-order valence-electron chi connectivity index (χ1n) is 10.8. The van der Waals surface area contributed by atoms with Crippen molar-refractivity contribution < 1.29 is 0 Å². The third-order valence-corrected chi connectivity index (χ3v) is 7.08. The van der Waals surface area contributed by atoms with Gasteiger partial charge in [-0.05, 0) is 56.9 Å². The molecule has 4 unspecified atom stereocenters. The average molecular weight is 333 g/mol. The largest absolute Gasteiger partial charge is 0.311 e. The number of azo groups is 1. The van der Waals surface area contributed by atoms with Crippen molar-refractivity contribution in [3.8, 4) is 0 Å². The molecule has 4 atom stereocenters. The molecule has 0 aromatic carbocycles. The third kappa shape index (κ3) is 3.85. The number of nitrogens with zero attached hydrogens (tertiary/aromatic N) is 2. The Kier molecular flexibility index (Phi) is 5.84. The fraction of sp³-hybridized carbons (Fsp3) is 1.00. The lowest BCUT2D eigenvalue weighted by Gasteiger charge is -2.44. The molecule has 0 aromatic rings. The molecule has 136 valence electrons. The van der Waals surface area contributed by atoms with Gasteiger partial charge in [-0.1, -0.05) is 44.9 Å². The molecule has 4 nitrogen and oxygen atoms in total. The predicted octanol–water partition coefficient (Wildman–Crippen LogP) is 4.41. The van der Waals surface area contributed by atoms with E-state index in [1.54, 1.807) is 0 Å². The monoisotopic (exact) mass is 332 g/mol. The fourth-order valence-electron chi connectivity index (χ4n) is 5.67. The van der Waals surface area contributed by atoms with Crippen LogP contribution in [0.2, 0.25) is 0 Å². The van der Waals surface area contributed by atoms with Crippen molar-refractivity contribution in [3.63, 3.8) is 0 Å². The van der Waals surface area contributed by atoms with Crippen LogP contribution in [0.3, 0.4) is 0 Å². The van der Waals surface area contributed by atoms with E-state index < -0.39 is 0 Å². The molecule has 2 aliphatic carbocycles. The van der Waals surface area contributed by atoms with Gasteiger partial charge >= 0.3 is 0 Å². The second-order valence-electron chi connectivity index (χ2n) is 8.71. The highest BCUT2D eigenvalue weighted by Gasteiger charge is 2.41. The van der Waals surface area contributed by atoms with E-state index in [0.717, 1.165) is 18.4 Å². The van der Waals surface area contributed by atoms with E-state index in [1.807, 2.05) is 0 Å². The zero-order valence-corrected chi connectivity index (χ0v) is 15.3. The Morgan fingerprint density at radius 2 is 1.29 bits per heavy atom. The van der Waals surface area contributed by atoms with Crippen LogP contribution in [0.15, 0.2) is 10.2 Å². The summed E-state index contributed by atoms with van der Waals surface area (Å²) in [5.74, 6) is 1.61. The topological polar surface area (TPSA) is 48.8 Å². The summed E-state index contributed by atoms with van der Waals surface area (Å²) < 4.78 is 0. The average Bonchev–Trinajstić information content (AvgIpc) is 2.69. The second-order valence-corrected chi connectivity index (χ2v) is 8.71. The van der Waals surface area contributed by atoms with Crippen molar-refractivity contribution in [2.45, 2.75) is 108 Å². The van der Waals surface area contributed by atoms with E-state index >= 15 is 0 Å². The molecular formula is C20H36N4. The summed E-state index contributed by atoms with van der Waals surface area (Å²) in [5.41, 5.74) is 0. The van der Waals surface area contributed by atoms with Crippen LogP contribution in [0.5, 0.6) is 0 Å². The highest BCUT2D eigenvalue weighted by atomic mass is 15.3. The molecule has 4 heteroatoms. The minimum Gasteiger partial charge on any atom is -0.311 e. The Labute approximate surface area is 147 Å². The maximum absolute atomic E-state index is 4.99. The molecule has 2 saturated carbocycles. The first-order valence-corrected chi connectivity index (χ1v) is 10.8. The van der Waals surface area contributed by atoms with Gasteiger partial charge in [-0.3, -0.25) is 5.32 Å². The molecule has 1 saturated heterocycles. The van der Waals surface area contributed by atoms with Gasteiger partial charge in [-0.25, -0.2) is 0 Å². The van der Waals surface area contributed by atoms with E-state index in [4.69, 9.17) is 10.2 Å². The van der Waals surface area contributed by atoms with Gasteiger partial charge in [-0.2, -0.15) is 10.2 Å². The van der Waals surface area contributed by atoms with Crippen LogP contribution in [0.1, 0.15) is 83.5 Å². The molecule has 2 heterocycles. The highest BCUT2D eigenvalue weighted by molar-refractivity contribution is 4.99. The molecule has 24 heavy (non-hydrogen) atoms. The van der Waals surface area contributed by atoms with Crippen LogP contribution >= 0.6 is 0 Å². The van der Waals surface area contributed by atoms with Crippen molar-refractivity contribution in [1.82, 2.24) is 10.6 Å². The van der Waals surface area contributed by atoms with Crippen molar-refractivity contribution in [1.29, 1.82) is 0 Å². The minimum atomic E-state index is 0.220. The number of rotatable bonds is 3. The van der Waals surface area contributed by atoms with Crippen LogP contribution in [0.25, 0.3) is 0 Å². The number of piperidine rings is 1. The van der Waals surface area contributed by atoms with E-state index in [9.17, 15) is 0 Å². The minimum absolute atomic E-state index is 0.220. The van der Waals surface area contributed by atoms with Crippen LogP contribution in [0.4, 0.5) is 0 Å². The van der Waals surface area contributed by atoms with Gasteiger partial charge in [0.05, 0.1) is 6.04 Å². The summed E-state index contributed by atoms with van der Waals surface area (Å²) in [6.07, 6.45) is 18.2. The van der Waals surface area contributed by atoms with Gasteiger partial charge in [0.1, 0.15) is 6.17 Å². The lowest BCUT2D eigenvalue weighted by molar-refractivity contribution is 0.132. The van der Waals surface area contributed by atoms with Gasteiger partial charge in [-0.15, -0.1) is 0 Å². The van der Waals surface area contributed by atoms with E-state index in [-0.39, 0.29) is 6.17 Å². The Morgan fingerprint density at radius 1 is 0.625 bits per heavy atom. The molecule has 0 spiro atoms. The van der Waals surface area contributed by atoms with Crippen molar-refractivity contribution in [2.24, 2.45) is 22.1 Å².